The van der Waals surface area contributed by atoms with E-state index in [0.717, 1.165) is 18.4 Å². The molecule has 0 unspecified atom stereocenters. The fourth-order valence-electron chi connectivity index (χ4n) is 8.74. The molecule has 6 aromatic rings. The maximum Gasteiger partial charge on any atom is 0.435 e. The van der Waals surface area contributed by atoms with Crippen LogP contribution in [-0.2, 0) is 51.7 Å². The number of hydrogen-bond donors (Lipinski definition) is 2. The molecule has 5 heterocycles. The minimum atomic E-state index is -5.08. The Bertz CT molecular complexity index is 2870. The topological polar surface area (TPSA) is 151 Å². The first-order chi connectivity index (χ1) is 29.3. The molecule has 1 saturated heterocycles. The molecule has 3 aliphatic rings. The predicted octanol–water partition coefficient (Wildman–Crippen LogP) is 7.68. The number of rotatable bonds is 11. The molecule has 0 spiro atoms. The lowest BCUT2D eigenvalue weighted by Crippen LogP contribution is -2.35. The van der Waals surface area contributed by atoms with Crippen molar-refractivity contribution in [2.45, 2.75) is 62.3 Å². The summed E-state index contributed by atoms with van der Waals surface area (Å²) < 4.78 is 139. The zero-order valence-electron chi connectivity index (χ0n) is 32.7. The van der Waals surface area contributed by atoms with Crippen LogP contribution in [0.25, 0.3) is 33.3 Å². The number of nitrogens with one attached hydrogen (secondary N) is 2. The van der Waals surface area contributed by atoms with Crippen LogP contribution in [0.5, 0.6) is 0 Å². The number of aryl methyl sites for hydroxylation is 1. The summed E-state index contributed by atoms with van der Waals surface area (Å²) in [5.74, 6) is -9.12. The number of ether oxygens (including phenoxy) is 1. The number of benzene rings is 2. The Kier molecular flexibility index (Phi) is 10.2. The molecule has 22 heteroatoms. The molecule has 1 amide bonds. The van der Waals surface area contributed by atoms with Crippen molar-refractivity contribution in [3.63, 3.8) is 0 Å². The molecule has 62 heavy (non-hydrogen) atoms. The third-order valence-corrected chi connectivity index (χ3v) is 12.3. The van der Waals surface area contributed by atoms with Gasteiger partial charge in [-0.2, -0.15) is 37.2 Å². The van der Waals surface area contributed by atoms with Gasteiger partial charge in [-0.25, -0.2) is 22.2 Å². The molecule has 2 N–H and O–H groups in total. The van der Waals surface area contributed by atoms with E-state index in [4.69, 9.17) is 21.3 Å². The van der Waals surface area contributed by atoms with Crippen LogP contribution >= 0.6 is 11.6 Å². The summed E-state index contributed by atoms with van der Waals surface area (Å²) in [4.78, 5) is 19.1. The number of carbonyl (C=O) groups excluding carboxylic acids is 1. The molecular formula is C40H35ClF7N9O4S. The first-order valence-electron chi connectivity index (χ1n) is 19.3. The highest BCUT2D eigenvalue weighted by Gasteiger charge is 2.68. The second kappa shape index (κ2) is 15.1. The maximum atomic E-state index is 15.5. The second-order valence-corrected chi connectivity index (χ2v) is 17.9. The van der Waals surface area contributed by atoms with E-state index in [1.165, 1.54) is 17.8 Å². The third-order valence-electron chi connectivity index (χ3n) is 11.4. The van der Waals surface area contributed by atoms with Crippen LogP contribution in [0.2, 0.25) is 5.02 Å². The number of amides is 1. The summed E-state index contributed by atoms with van der Waals surface area (Å²) in [6.07, 6.45) is 0.138. The predicted molar refractivity (Wildman–Crippen MR) is 211 cm³/mol. The van der Waals surface area contributed by atoms with Crippen LogP contribution < -0.4 is 10.0 Å². The van der Waals surface area contributed by atoms with Crippen molar-refractivity contribution in [3.05, 3.63) is 99.7 Å². The van der Waals surface area contributed by atoms with E-state index in [1.54, 1.807) is 35.3 Å². The molecule has 0 bridgehead atoms. The van der Waals surface area contributed by atoms with Gasteiger partial charge >= 0.3 is 6.18 Å². The Hall–Kier alpha value is -5.54. The van der Waals surface area contributed by atoms with Gasteiger partial charge in [-0.1, -0.05) is 23.7 Å². The first-order valence-corrected chi connectivity index (χ1v) is 21.6. The Morgan fingerprint density at radius 2 is 1.76 bits per heavy atom. The van der Waals surface area contributed by atoms with E-state index in [1.807, 2.05) is 0 Å². The van der Waals surface area contributed by atoms with Crippen LogP contribution in [-0.4, -0.2) is 68.1 Å². The number of carbonyl (C=O) groups is 1. The van der Waals surface area contributed by atoms with E-state index >= 15 is 8.78 Å². The average molecular weight is 906 g/mol. The molecule has 2 aliphatic carbocycles. The van der Waals surface area contributed by atoms with Crippen LogP contribution in [0.3, 0.4) is 0 Å². The summed E-state index contributed by atoms with van der Waals surface area (Å²) in [7, 11) is -2.31. The van der Waals surface area contributed by atoms with Gasteiger partial charge in [-0.05, 0) is 61.4 Å². The van der Waals surface area contributed by atoms with Gasteiger partial charge in [0, 0.05) is 60.7 Å². The van der Waals surface area contributed by atoms with Crippen LogP contribution in [0.15, 0.2) is 54.9 Å². The Labute approximate surface area is 353 Å². The number of sulfonamides is 1. The van der Waals surface area contributed by atoms with Crippen LogP contribution in [0, 0.1) is 17.6 Å². The van der Waals surface area contributed by atoms with Gasteiger partial charge in [0.25, 0.3) is 5.92 Å². The molecule has 2 aromatic carbocycles. The van der Waals surface area contributed by atoms with Crippen molar-refractivity contribution in [2.75, 3.05) is 24.2 Å². The largest absolute Gasteiger partial charge is 0.435 e. The standard InChI is InChI=1S/C40H35ClF7N9O4S/c1-55-35-25(3-5-28(41)33(35)38(53-55)54-62(2,59)60)24-4-6-29(20-16-49-56(17-20)23-7-9-61-10-8-23)51-34(24)30(13-19-11-21(42)14-22(43)12-19)50-31(58)18-57-37-32(36(52-57)40(46,47)48)26-15-27(26)39(37,44)45/h3-6,11-12,14,16-17,23,26-27,30H,7-10,13,15,18H2,1-2H3,(H,50,58)(H,53,54)/t26-,27+,30-/m0/s1. The van der Waals surface area contributed by atoms with E-state index in [0.29, 0.717) is 59.1 Å². The molecule has 13 nitrogen and oxygen atoms in total. The normalized spacial score (nSPS) is 19.1. The van der Waals surface area contributed by atoms with Crippen molar-refractivity contribution in [1.29, 1.82) is 0 Å². The first kappa shape index (κ1) is 41.8. The minimum absolute atomic E-state index is 0.0330. The number of alkyl halides is 5. The zero-order chi connectivity index (χ0) is 44.0. The van der Waals surface area contributed by atoms with E-state index in [-0.39, 0.29) is 51.9 Å². The van der Waals surface area contributed by atoms with Gasteiger partial charge in [0.2, 0.25) is 15.9 Å². The number of halogens is 8. The van der Waals surface area contributed by atoms with Gasteiger partial charge in [-0.15, -0.1) is 0 Å². The lowest BCUT2D eigenvalue weighted by Gasteiger charge is -2.24. The smallest absolute Gasteiger partial charge is 0.381 e. The Morgan fingerprint density at radius 1 is 1.05 bits per heavy atom. The van der Waals surface area contributed by atoms with Crippen molar-refractivity contribution in [1.82, 2.24) is 39.6 Å². The van der Waals surface area contributed by atoms with Gasteiger partial charge in [0.15, 0.2) is 11.5 Å². The molecule has 1 aliphatic heterocycles. The molecule has 326 valence electrons. The van der Waals surface area contributed by atoms with Gasteiger partial charge in [-0.3, -0.25) is 23.6 Å². The fourth-order valence-corrected chi connectivity index (χ4v) is 9.48. The van der Waals surface area contributed by atoms with Crippen molar-refractivity contribution in [2.24, 2.45) is 13.0 Å². The molecule has 1 saturated carbocycles. The molecule has 9 rings (SSSR count). The number of nitrogens with zero attached hydrogens (tertiary/aromatic N) is 7. The summed E-state index contributed by atoms with van der Waals surface area (Å²) in [6.45, 7) is 0.0190. The fraction of sp³-hybridized carbons (Fsp3) is 0.375. The van der Waals surface area contributed by atoms with E-state index in [2.05, 4.69) is 25.3 Å². The van der Waals surface area contributed by atoms with E-state index < -0.39 is 81.0 Å². The quantitative estimate of drug-likeness (QED) is 0.126. The lowest BCUT2D eigenvalue weighted by atomic mass is 9.93. The van der Waals surface area contributed by atoms with Crippen LogP contribution in [0.1, 0.15) is 65.5 Å². The second-order valence-electron chi connectivity index (χ2n) is 15.8. The number of fused-ring (bicyclic) bond motifs is 4. The molecule has 4 aromatic heterocycles. The van der Waals surface area contributed by atoms with Crippen molar-refractivity contribution in [3.8, 4) is 22.4 Å². The van der Waals surface area contributed by atoms with Crippen LogP contribution in [0.4, 0.5) is 36.6 Å². The minimum Gasteiger partial charge on any atom is -0.381 e. The van der Waals surface area contributed by atoms with E-state index in [9.17, 15) is 35.2 Å². The van der Waals surface area contributed by atoms with Crippen molar-refractivity contribution < 1.29 is 48.7 Å². The zero-order valence-corrected chi connectivity index (χ0v) is 34.2. The number of hydrogen-bond acceptors (Lipinski definition) is 8. The summed E-state index contributed by atoms with van der Waals surface area (Å²) in [5.41, 5.74) is -1.17. The Morgan fingerprint density at radius 3 is 2.45 bits per heavy atom. The Balaban J connectivity index is 1.19. The van der Waals surface area contributed by atoms with Gasteiger partial charge in [0.05, 0.1) is 51.8 Å². The van der Waals surface area contributed by atoms with Gasteiger partial charge in [0.1, 0.15) is 23.9 Å². The van der Waals surface area contributed by atoms with Gasteiger partial charge < -0.3 is 10.1 Å². The molecule has 2 fully saturated rings. The molecule has 3 atom stereocenters. The lowest BCUT2D eigenvalue weighted by molar-refractivity contribution is -0.142. The number of pyridine rings is 1. The SMILES string of the molecule is Cn1nc(NS(C)(=O)=O)c2c(Cl)ccc(-c3ccc(-c4cnn(C5CCOCC5)c4)nc3[C@H](Cc3cc(F)cc(F)c3)NC(=O)Cn3nc(C(F)(F)F)c4c3C(F)(F)[C@@H]3C[C@H]43)c21. The molecule has 0 radical (unpaired) electrons. The highest BCUT2D eigenvalue weighted by atomic mass is 35.5. The summed E-state index contributed by atoms with van der Waals surface area (Å²) in [5, 5.41) is 15.4. The highest BCUT2D eigenvalue weighted by molar-refractivity contribution is 7.92. The highest BCUT2D eigenvalue weighted by Crippen LogP contribution is 2.68. The summed E-state index contributed by atoms with van der Waals surface area (Å²) >= 11 is 6.64. The maximum absolute atomic E-state index is 15.5. The average Bonchev–Trinajstić information content (AvgIpc) is 3.41. The number of anilines is 1. The molecular weight excluding hydrogens is 871 g/mol. The van der Waals surface area contributed by atoms with Crippen molar-refractivity contribution >= 4 is 44.3 Å². The summed E-state index contributed by atoms with van der Waals surface area (Å²) in [6, 6.07) is 7.78. The monoisotopic (exact) mass is 905 g/mol. The third kappa shape index (κ3) is 7.67. The number of aromatic nitrogens is 7.